The number of aryl methyl sites for hydroxylation is 1. The van der Waals surface area contributed by atoms with Crippen molar-refractivity contribution in [2.75, 3.05) is 5.73 Å². The Balaban J connectivity index is 2.29. The van der Waals surface area contributed by atoms with Crippen LogP contribution in [0.3, 0.4) is 0 Å². The summed E-state index contributed by atoms with van der Waals surface area (Å²) >= 11 is 0. The first-order valence-electron chi connectivity index (χ1n) is 5.68. The van der Waals surface area contributed by atoms with Crippen LogP contribution in [0.2, 0.25) is 0 Å². The van der Waals surface area contributed by atoms with E-state index in [0.29, 0.717) is 6.73 Å². The number of nitrogens with zero attached hydrogens (tertiary/aromatic N) is 4. The highest BCUT2D eigenvalue weighted by molar-refractivity contribution is 5.74. The van der Waals surface area contributed by atoms with Gasteiger partial charge in [0.1, 0.15) is 12.2 Å². The van der Waals surface area contributed by atoms with E-state index in [1.54, 1.807) is 6.33 Å². The van der Waals surface area contributed by atoms with E-state index in [2.05, 4.69) is 21.9 Å². The van der Waals surface area contributed by atoms with Crippen LogP contribution < -0.4 is 5.73 Å². The highest BCUT2D eigenvalue weighted by Crippen LogP contribution is 2.14. The fourth-order valence-corrected chi connectivity index (χ4v) is 1.53. The number of aromatic nitrogens is 4. The van der Waals surface area contributed by atoms with E-state index in [1.165, 1.54) is 0 Å². The number of hydrogen-bond donors (Lipinski definition) is 1. The van der Waals surface area contributed by atoms with Gasteiger partial charge in [-0.1, -0.05) is 6.92 Å². The summed E-state index contributed by atoms with van der Waals surface area (Å²) in [5.41, 5.74) is 7.91. The largest absolute Gasteiger partial charge is 0.368 e. The standard InChI is InChI=1S/C11H17N5O/c1-4-7(2)17-6-16-5-13-9-8(3)14-11(12)15-10(9)16/h5,7H,4,6H2,1-3H3,(H2,12,14,15). The van der Waals surface area contributed by atoms with E-state index in [4.69, 9.17) is 10.5 Å². The van der Waals surface area contributed by atoms with Gasteiger partial charge in [-0.15, -0.1) is 0 Å². The molecule has 1 unspecified atom stereocenters. The highest BCUT2D eigenvalue weighted by Gasteiger charge is 2.09. The minimum Gasteiger partial charge on any atom is -0.368 e. The average molecular weight is 235 g/mol. The summed E-state index contributed by atoms with van der Waals surface area (Å²) in [5, 5.41) is 0. The lowest BCUT2D eigenvalue weighted by Crippen LogP contribution is -2.11. The van der Waals surface area contributed by atoms with Crippen LogP contribution >= 0.6 is 0 Å². The molecule has 0 saturated heterocycles. The third kappa shape index (κ3) is 2.36. The van der Waals surface area contributed by atoms with Crippen molar-refractivity contribution in [3.63, 3.8) is 0 Å². The van der Waals surface area contributed by atoms with E-state index in [0.717, 1.165) is 23.3 Å². The molecule has 0 aliphatic heterocycles. The summed E-state index contributed by atoms with van der Waals surface area (Å²) in [4.78, 5) is 12.5. The zero-order valence-electron chi connectivity index (χ0n) is 10.3. The molecule has 2 aromatic heterocycles. The molecule has 0 amide bonds. The number of imidazole rings is 1. The molecule has 0 spiro atoms. The van der Waals surface area contributed by atoms with Crippen LogP contribution in [0.15, 0.2) is 6.33 Å². The lowest BCUT2D eigenvalue weighted by atomic mass is 10.3. The van der Waals surface area contributed by atoms with Gasteiger partial charge in [-0.25, -0.2) is 9.97 Å². The molecular formula is C11H17N5O. The molecule has 1 atom stereocenters. The monoisotopic (exact) mass is 235 g/mol. The van der Waals surface area contributed by atoms with Gasteiger partial charge in [0.15, 0.2) is 5.65 Å². The molecule has 2 heterocycles. The minimum atomic E-state index is 0.215. The Morgan fingerprint density at radius 2 is 2.24 bits per heavy atom. The quantitative estimate of drug-likeness (QED) is 0.868. The lowest BCUT2D eigenvalue weighted by molar-refractivity contribution is 0.0177. The Morgan fingerprint density at radius 3 is 2.94 bits per heavy atom. The maximum atomic E-state index is 5.65. The van der Waals surface area contributed by atoms with Crippen molar-refractivity contribution in [2.24, 2.45) is 0 Å². The van der Waals surface area contributed by atoms with Gasteiger partial charge < -0.3 is 10.5 Å². The van der Waals surface area contributed by atoms with E-state index < -0.39 is 0 Å². The third-order valence-electron chi connectivity index (χ3n) is 2.73. The fraction of sp³-hybridized carbons (Fsp3) is 0.545. The first-order chi connectivity index (χ1) is 8.11. The molecule has 17 heavy (non-hydrogen) atoms. The normalized spacial score (nSPS) is 13.1. The number of hydrogen-bond acceptors (Lipinski definition) is 5. The fourth-order valence-electron chi connectivity index (χ4n) is 1.53. The number of fused-ring (bicyclic) bond motifs is 1. The lowest BCUT2D eigenvalue weighted by Gasteiger charge is -2.11. The molecule has 6 heteroatoms. The summed E-state index contributed by atoms with van der Waals surface area (Å²) in [6.45, 7) is 6.42. The van der Waals surface area contributed by atoms with Gasteiger partial charge in [-0.3, -0.25) is 4.57 Å². The zero-order chi connectivity index (χ0) is 12.4. The number of nitrogens with two attached hydrogens (primary N) is 1. The SMILES string of the molecule is CCC(C)OCn1cnc2c(C)nc(N)nc21. The van der Waals surface area contributed by atoms with Gasteiger partial charge >= 0.3 is 0 Å². The zero-order valence-corrected chi connectivity index (χ0v) is 10.3. The number of anilines is 1. The smallest absolute Gasteiger partial charge is 0.222 e. The molecule has 2 rings (SSSR count). The number of rotatable bonds is 4. The summed E-state index contributed by atoms with van der Waals surface area (Å²) in [7, 11) is 0. The van der Waals surface area contributed by atoms with Gasteiger partial charge in [0.05, 0.1) is 18.1 Å². The predicted molar refractivity (Wildman–Crippen MR) is 65.3 cm³/mol. The van der Waals surface area contributed by atoms with Crippen molar-refractivity contribution in [1.82, 2.24) is 19.5 Å². The van der Waals surface area contributed by atoms with Crippen LogP contribution in [0.1, 0.15) is 26.0 Å². The van der Waals surface area contributed by atoms with Gasteiger partial charge in [0.25, 0.3) is 0 Å². The first-order valence-corrected chi connectivity index (χ1v) is 5.68. The second kappa shape index (κ2) is 4.67. The molecule has 92 valence electrons. The van der Waals surface area contributed by atoms with Crippen molar-refractivity contribution in [3.8, 4) is 0 Å². The van der Waals surface area contributed by atoms with Gasteiger partial charge in [-0.05, 0) is 20.3 Å². The molecule has 0 aromatic carbocycles. The minimum absolute atomic E-state index is 0.215. The molecular weight excluding hydrogens is 218 g/mol. The van der Waals surface area contributed by atoms with E-state index in [-0.39, 0.29) is 12.1 Å². The van der Waals surface area contributed by atoms with Gasteiger partial charge in [0, 0.05) is 0 Å². The van der Waals surface area contributed by atoms with Gasteiger partial charge in [0.2, 0.25) is 5.95 Å². The number of nitrogen functional groups attached to an aromatic ring is 1. The van der Waals surface area contributed by atoms with Crippen molar-refractivity contribution < 1.29 is 4.74 Å². The van der Waals surface area contributed by atoms with Crippen molar-refractivity contribution in [2.45, 2.75) is 40.0 Å². The summed E-state index contributed by atoms with van der Waals surface area (Å²) < 4.78 is 7.48. The molecule has 6 nitrogen and oxygen atoms in total. The predicted octanol–water partition coefficient (Wildman–Crippen LogP) is 1.49. The highest BCUT2D eigenvalue weighted by atomic mass is 16.5. The van der Waals surface area contributed by atoms with Crippen molar-refractivity contribution >= 4 is 17.1 Å². The van der Waals surface area contributed by atoms with E-state index in [9.17, 15) is 0 Å². The summed E-state index contributed by atoms with van der Waals surface area (Å²) in [6.07, 6.45) is 2.89. The van der Waals surface area contributed by atoms with Crippen LogP contribution in [0.5, 0.6) is 0 Å². The summed E-state index contributed by atoms with van der Waals surface area (Å²) in [5.74, 6) is 0.264. The van der Waals surface area contributed by atoms with Crippen LogP contribution in [0.4, 0.5) is 5.95 Å². The van der Waals surface area contributed by atoms with Crippen LogP contribution in [0.25, 0.3) is 11.2 Å². The molecule has 0 fully saturated rings. The van der Waals surface area contributed by atoms with E-state index >= 15 is 0 Å². The molecule has 2 N–H and O–H groups in total. The Labute approximate surface area is 99.8 Å². The Hall–Kier alpha value is -1.69. The molecule has 2 aromatic rings. The first kappa shape index (κ1) is 11.8. The van der Waals surface area contributed by atoms with Crippen LogP contribution in [-0.4, -0.2) is 25.6 Å². The van der Waals surface area contributed by atoms with Gasteiger partial charge in [-0.2, -0.15) is 4.98 Å². The molecule has 0 bridgehead atoms. The number of ether oxygens (including phenoxy) is 1. The average Bonchev–Trinajstić information content (AvgIpc) is 2.69. The molecule has 0 saturated carbocycles. The Bertz CT molecular complexity index is 522. The summed E-state index contributed by atoms with van der Waals surface area (Å²) in [6, 6.07) is 0. The van der Waals surface area contributed by atoms with Crippen LogP contribution in [-0.2, 0) is 11.5 Å². The van der Waals surface area contributed by atoms with Crippen molar-refractivity contribution in [3.05, 3.63) is 12.0 Å². The molecule has 0 aliphatic rings. The maximum absolute atomic E-state index is 5.65. The van der Waals surface area contributed by atoms with Crippen LogP contribution in [0, 0.1) is 6.92 Å². The third-order valence-corrected chi connectivity index (χ3v) is 2.73. The molecule has 0 aliphatic carbocycles. The Morgan fingerprint density at radius 1 is 1.47 bits per heavy atom. The topological polar surface area (TPSA) is 78.8 Å². The van der Waals surface area contributed by atoms with E-state index in [1.807, 2.05) is 18.4 Å². The maximum Gasteiger partial charge on any atom is 0.222 e. The second-order valence-corrected chi connectivity index (χ2v) is 4.07. The Kier molecular flexibility index (Phi) is 3.23. The molecule has 0 radical (unpaired) electrons. The van der Waals surface area contributed by atoms with Crippen molar-refractivity contribution in [1.29, 1.82) is 0 Å². The second-order valence-electron chi connectivity index (χ2n) is 4.07.